The molecule has 0 saturated heterocycles. The van der Waals surface area contributed by atoms with Crippen LogP contribution in [0.15, 0.2) is 45.8 Å². The zero-order valence-corrected chi connectivity index (χ0v) is 11.8. The van der Waals surface area contributed by atoms with Crippen LogP contribution in [0.4, 0.5) is 5.82 Å². The SMILES string of the molecule is O=C(Cc1noc2ccccc12)Nc1cnc(Br)cn1. The van der Waals surface area contributed by atoms with Crippen LogP contribution in [0.25, 0.3) is 11.0 Å². The number of rotatable bonds is 3. The van der Waals surface area contributed by atoms with Gasteiger partial charge in [0.2, 0.25) is 5.91 Å². The van der Waals surface area contributed by atoms with Crippen molar-refractivity contribution in [2.45, 2.75) is 6.42 Å². The van der Waals surface area contributed by atoms with Crippen LogP contribution >= 0.6 is 15.9 Å². The van der Waals surface area contributed by atoms with Gasteiger partial charge in [0, 0.05) is 5.39 Å². The van der Waals surface area contributed by atoms with Crippen molar-refractivity contribution in [2.24, 2.45) is 0 Å². The molecule has 0 aliphatic heterocycles. The Morgan fingerprint density at radius 1 is 1.25 bits per heavy atom. The molecule has 0 atom stereocenters. The first-order valence-electron chi connectivity index (χ1n) is 5.83. The lowest BCUT2D eigenvalue weighted by Gasteiger charge is -2.02. The van der Waals surface area contributed by atoms with E-state index < -0.39 is 0 Å². The Morgan fingerprint density at radius 2 is 2.10 bits per heavy atom. The maximum Gasteiger partial charge on any atom is 0.231 e. The van der Waals surface area contributed by atoms with Crippen LogP contribution in [0.1, 0.15) is 5.69 Å². The van der Waals surface area contributed by atoms with E-state index >= 15 is 0 Å². The van der Waals surface area contributed by atoms with Crippen molar-refractivity contribution in [1.82, 2.24) is 15.1 Å². The van der Waals surface area contributed by atoms with Gasteiger partial charge in [-0.05, 0) is 28.1 Å². The second kappa shape index (κ2) is 5.38. The van der Waals surface area contributed by atoms with E-state index in [4.69, 9.17) is 4.52 Å². The highest BCUT2D eigenvalue weighted by molar-refractivity contribution is 9.10. The minimum Gasteiger partial charge on any atom is -0.356 e. The van der Waals surface area contributed by atoms with Gasteiger partial charge in [-0.15, -0.1) is 0 Å². The molecule has 2 heterocycles. The first kappa shape index (κ1) is 12.7. The molecule has 2 aromatic heterocycles. The highest BCUT2D eigenvalue weighted by Crippen LogP contribution is 2.18. The first-order chi connectivity index (χ1) is 9.72. The molecule has 20 heavy (non-hydrogen) atoms. The standard InChI is InChI=1S/C13H9BrN4O2/c14-11-6-16-12(7-15-11)17-13(19)5-9-8-3-1-2-4-10(8)20-18-9/h1-4,6-7H,5H2,(H,16,17,19). The van der Waals surface area contributed by atoms with E-state index in [1.165, 1.54) is 12.4 Å². The van der Waals surface area contributed by atoms with Crippen molar-refractivity contribution in [3.8, 4) is 0 Å². The minimum absolute atomic E-state index is 0.120. The van der Waals surface area contributed by atoms with Crippen molar-refractivity contribution in [2.75, 3.05) is 5.32 Å². The van der Waals surface area contributed by atoms with Gasteiger partial charge in [-0.25, -0.2) is 9.97 Å². The molecule has 1 aromatic carbocycles. The largest absolute Gasteiger partial charge is 0.356 e. The summed E-state index contributed by atoms with van der Waals surface area (Å²) in [5.74, 6) is 0.173. The highest BCUT2D eigenvalue weighted by Gasteiger charge is 2.12. The Labute approximate surface area is 122 Å². The van der Waals surface area contributed by atoms with Gasteiger partial charge in [-0.3, -0.25) is 4.79 Å². The highest BCUT2D eigenvalue weighted by atomic mass is 79.9. The van der Waals surface area contributed by atoms with Crippen LogP contribution in [0.3, 0.4) is 0 Å². The molecule has 1 amide bonds. The zero-order chi connectivity index (χ0) is 13.9. The number of halogens is 1. The number of fused-ring (bicyclic) bond motifs is 1. The summed E-state index contributed by atoms with van der Waals surface area (Å²) in [6.07, 6.45) is 3.11. The van der Waals surface area contributed by atoms with Crippen LogP contribution in [0.5, 0.6) is 0 Å². The predicted molar refractivity (Wildman–Crippen MR) is 76.1 cm³/mol. The molecule has 0 saturated carbocycles. The Hall–Kier alpha value is -2.28. The number of benzene rings is 1. The number of hydrogen-bond acceptors (Lipinski definition) is 5. The van der Waals surface area contributed by atoms with Gasteiger partial charge < -0.3 is 9.84 Å². The average Bonchev–Trinajstić information content (AvgIpc) is 2.85. The Balaban J connectivity index is 1.74. The summed E-state index contributed by atoms with van der Waals surface area (Å²) in [6.45, 7) is 0. The summed E-state index contributed by atoms with van der Waals surface area (Å²) in [7, 11) is 0. The smallest absolute Gasteiger partial charge is 0.231 e. The molecule has 0 spiro atoms. The first-order valence-corrected chi connectivity index (χ1v) is 6.62. The number of nitrogens with one attached hydrogen (secondary N) is 1. The van der Waals surface area contributed by atoms with Crippen LogP contribution in [0.2, 0.25) is 0 Å². The van der Waals surface area contributed by atoms with Gasteiger partial charge in [0.05, 0.1) is 18.8 Å². The third kappa shape index (κ3) is 2.67. The van der Waals surface area contributed by atoms with E-state index in [-0.39, 0.29) is 12.3 Å². The topological polar surface area (TPSA) is 80.9 Å². The molecule has 0 aliphatic rings. The second-order valence-corrected chi connectivity index (χ2v) is 4.89. The van der Waals surface area contributed by atoms with E-state index in [1.807, 2.05) is 24.3 Å². The molecule has 6 nitrogen and oxygen atoms in total. The Morgan fingerprint density at radius 3 is 2.90 bits per heavy atom. The van der Waals surface area contributed by atoms with Crippen molar-refractivity contribution >= 4 is 38.6 Å². The molecular formula is C13H9BrN4O2. The lowest BCUT2D eigenvalue weighted by molar-refractivity contribution is -0.115. The fourth-order valence-corrected chi connectivity index (χ4v) is 1.99. The number of aromatic nitrogens is 3. The second-order valence-electron chi connectivity index (χ2n) is 4.07. The maximum atomic E-state index is 11.9. The number of amides is 1. The van der Waals surface area contributed by atoms with Gasteiger partial charge in [-0.1, -0.05) is 17.3 Å². The summed E-state index contributed by atoms with van der Waals surface area (Å²) in [5.41, 5.74) is 1.27. The average molecular weight is 333 g/mol. The van der Waals surface area contributed by atoms with Crippen LogP contribution in [-0.4, -0.2) is 21.0 Å². The summed E-state index contributed by atoms with van der Waals surface area (Å²) >= 11 is 3.18. The monoisotopic (exact) mass is 332 g/mol. The molecule has 0 radical (unpaired) electrons. The van der Waals surface area contributed by atoms with Crippen molar-refractivity contribution in [1.29, 1.82) is 0 Å². The minimum atomic E-state index is -0.222. The molecule has 0 aliphatic carbocycles. The van der Waals surface area contributed by atoms with E-state index in [9.17, 15) is 4.79 Å². The van der Waals surface area contributed by atoms with Crippen LogP contribution < -0.4 is 5.32 Å². The number of carbonyl (C=O) groups is 1. The molecule has 7 heteroatoms. The normalized spacial score (nSPS) is 10.7. The summed E-state index contributed by atoms with van der Waals surface area (Å²) in [6, 6.07) is 7.41. The van der Waals surface area contributed by atoms with Gasteiger partial charge in [0.1, 0.15) is 10.3 Å². The molecule has 0 fully saturated rings. The summed E-state index contributed by atoms with van der Waals surface area (Å²) in [4.78, 5) is 19.9. The van der Waals surface area contributed by atoms with Gasteiger partial charge in [-0.2, -0.15) is 0 Å². The lowest BCUT2D eigenvalue weighted by atomic mass is 10.2. The number of nitrogens with zero attached hydrogens (tertiary/aromatic N) is 3. The molecule has 100 valence electrons. The lowest BCUT2D eigenvalue weighted by Crippen LogP contribution is -2.15. The summed E-state index contributed by atoms with van der Waals surface area (Å²) < 4.78 is 5.76. The Bertz CT molecular complexity index is 754. The van der Waals surface area contributed by atoms with Crippen molar-refractivity contribution in [3.05, 3.63) is 47.0 Å². The fraction of sp³-hybridized carbons (Fsp3) is 0.0769. The zero-order valence-electron chi connectivity index (χ0n) is 10.2. The molecular weight excluding hydrogens is 324 g/mol. The maximum absolute atomic E-state index is 11.9. The molecule has 3 aromatic rings. The number of anilines is 1. The molecule has 1 N–H and O–H groups in total. The van der Waals surface area contributed by atoms with E-state index in [1.54, 1.807) is 0 Å². The van der Waals surface area contributed by atoms with Gasteiger partial charge in [0.25, 0.3) is 0 Å². The van der Waals surface area contributed by atoms with E-state index in [2.05, 4.69) is 36.4 Å². The molecule has 3 rings (SSSR count). The van der Waals surface area contributed by atoms with E-state index in [0.717, 1.165) is 5.39 Å². The van der Waals surface area contributed by atoms with Crippen molar-refractivity contribution in [3.63, 3.8) is 0 Å². The molecule has 0 bridgehead atoms. The third-order valence-corrected chi connectivity index (χ3v) is 3.08. The number of hydrogen-bond donors (Lipinski definition) is 1. The van der Waals surface area contributed by atoms with Crippen molar-refractivity contribution < 1.29 is 9.32 Å². The Kier molecular flexibility index (Phi) is 3.42. The molecule has 0 unspecified atom stereocenters. The predicted octanol–water partition coefficient (Wildman–Crippen LogP) is 2.56. The van der Waals surface area contributed by atoms with Gasteiger partial charge in [0.15, 0.2) is 11.4 Å². The van der Waals surface area contributed by atoms with E-state index in [0.29, 0.717) is 21.7 Å². The van der Waals surface area contributed by atoms with Gasteiger partial charge >= 0.3 is 0 Å². The fourth-order valence-electron chi connectivity index (χ4n) is 1.78. The third-order valence-electron chi connectivity index (χ3n) is 2.67. The number of para-hydroxylation sites is 1. The number of carbonyl (C=O) groups excluding carboxylic acids is 1. The quantitative estimate of drug-likeness (QED) is 0.797. The summed E-state index contributed by atoms with van der Waals surface area (Å²) in [5, 5.41) is 7.41. The van der Waals surface area contributed by atoms with Crippen LogP contribution in [0, 0.1) is 0 Å². The van der Waals surface area contributed by atoms with Crippen LogP contribution in [-0.2, 0) is 11.2 Å².